The summed E-state index contributed by atoms with van der Waals surface area (Å²) in [5.74, 6) is -0.0846. The number of rotatable bonds is 6. The van der Waals surface area contributed by atoms with Crippen LogP contribution in [-0.2, 0) is 17.6 Å². The predicted octanol–water partition coefficient (Wildman–Crippen LogP) is 5.79. The third-order valence-electron chi connectivity index (χ3n) is 5.72. The minimum Gasteiger partial charge on any atom is -0.400 e. The SMILES string of the molecule is CC1=CC=CNC1C.CO.Cc1cccc(CC(C=O)Cc2ccn(-c3ccc(C)cc3Cl)n2)c1. The molecule has 0 saturated heterocycles. The van der Waals surface area contributed by atoms with E-state index in [0.717, 1.165) is 36.8 Å². The zero-order valence-corrected chi connectivity index (χ0v) is 22.0. The van der Waals surface area contributed by atoms with Crippen molar-refractivity contribution in [1.82, 2.24) is 15.1 Å². The molecule has 0 spiro atoms. The van der Waals surface area contributed by atoms with E-state index in [-0.39, 0.29) is 5.92 Å². The molecule has 0 amide bonds. The summed E-state index contributed by atoms with van der Waals surface area (Å²) in [4.78, 5) is 11.5. The Balaban J connectivity index is 0.000000363. The summed E-state index contributed by atoms with van der Waals surface area (Å²) in [5, 5.41) is 15.4. The minimum absolute atomic E-state index is 0.0846. The maximum Gasteiger partial charge on any atom is 0.123 e. The average molecular weight is 494 g/mol. The molecule has 0 saturated carbocycles. The summed E-state index contributed by atoms with van der Waals surface area (Å²) in [6, 6.07) is 16.6. The van der Waals surface area contributed by atoms with E-state index in [0.29, 0.717) is 17.5 Å². The lowest BCUT2D eigenvalue weighted by atomic mass is 9.95. The normalized spacial score (nSPS) is 14.9. The van der Waals surface area contributed by atoms with Crippen molar-refractivity contribution >= 4 is 17.9 Å². The van der Waals surface area contributed by atoms with Crippen LogP contribution in [0.2, 0.25) is 5.02 Å². The van der Waals surface area contributed by atoms with Gasteiger partial charge >= 0.3 is 0 Å². The molecule has 2 aromatic carbocycles. The Morgan fingerprint density at radius 1 is 1.09 bits per heavy atom. The van der Waals surface area contributed by atoms with E-state index in [9.17, 15) is 4.79 Å². The molecule has 6 heteroatoms. The van der Waals surface area contributed by atoms with E-state index in [2.05, 4.69) is 55.5 Å². The van der Waals surface area contributed by atoms with Crippen molar-refractivity contribution < 1.29 is 9.90 Å². The number of nitrogens with zero attached hydrogens (tertiary/aromatic N) is 2. The second-order valence-electron chi connectivity index (χ2n) is 8.66. The number of benzene rings is 2. The number of halogens is 1. The van der Waals surface area contributed by atoms with E-state index in [1.54, 1.807) is 4.68 Å². The third kappa shape index (κ3) is 8.85. The van der Waals surface area contributed by atoms with Crippen LogP contribution >= 0.6 is 11.6 Å². The number of hydrogen-bond donors (Lipinski definition) is 2. The first-order valence-corrected chi connectivity index (χ1v) is 12.1. The van der Waals surface area contributed by atoms with Gasteiger partial charge in [-0.1, -0.05) is 59.1 Å². The van der Waals surface area contributed by atoms with Crippen LogP contribution in [0, 0.1) is 19.8 Å². The monoisotopic (exact) mass is 493 g/mol. The molecule has 3 aromatic rings. The molecule has 2 unspecified atom stereocenters. The number of aromatic nitrogens is 2. The molecule has 1 aromatic heterocycles. The van der Waals surface area contributed by atoms with Crippen molar-refractivity contribution in [2.45, 2.75) is 46.6 Å². The second kappa shape index (κ2) is 14.3. The molecule has 2 N–H and O–H groups in total. The number of aldehydes is 1. The molecular weight excluding hydrogens is 458 g/mol. The van der Waals surface area contributed by atoms with E-state index < -0.39 is 0 Å². The smallest absolute Gasteiger partial charge is 0.123 e. The van der Waals surface area contributed by atoms with Gasteiger partial charge in [0.2, 0.25) is 0 Å². The summed E-state index contributed by atoms with van der Waals surface area (Å²) < 4.78 is 1.77. The first-order valence-electron chi connectivity index (χ1n) is 11.7. The molecule has 0 radical (unpaired) electrons. The lowest BCUT2D eigenvalue weighted by Gasteiger charge is -2.14. The number of aliphatic hydroxyl groups is 1. The number of hydrogen-bond acceptors (Lipinski definition) is 4. The number of allylic oxidation sites excluding steroid dienone is 2. The van der Waals surface area contributed by atoms with E-state index in [4.69, 9.17) is 16.7 Å². The predicted molar refractivity (Wildman–Crippen MR) is 145 cm³/mol. The topological polar surface area (TPSA) is 67.2 Å². The molecule has 0 bridgehead atoms. The number of nitrogens with one attached hydrogen (secondary N) is 1. The van der Waals surface area contributed by atoms with Crippen molar-refractivity contribution in [2.75, 3.05) is 7.11 Å². The fourth-order valence-corrected chi connectivity index (χ4v) is 3.98. The molecule has 0 fully saturated rings. The largest absolute Gasteiger partial charge is 0.400 e. The van der Waals surface area contributed by atoms with Gasteiger partial charge in [-0.05, 0) is 75.7 Å². The number of dihydropyridines is 1. The molecule has 186 valence electrons. The van der Waals surface area contributed by atoms with Crippen LogP contribution in [-0.4, -0.2) is 34.3 Å². The fourth-order valence-electron chi connectivity index (χ4n) is 3.66. The highest BCUT2D eigenvalue weighted by Gasteiger charge is 2.13. The molecule has 2 heterocycles. The summed E-state index contributed by atoms with van der Waals surface area (Å²) in [6.45, 7) is 8.34. The molecule has 1 aliphatic rings. The van der Waals surface area contributed by atoms with Gasteiger partial charge in [-0.3, -0.25) is 0 Å². The highest BCUT2D eigenvalue weighted by atomic mass is 35.5. The van der Waals surface area contributed by atoms with Gasteiger partial charge in [0, 0.05) is 31.7 Å². The lowest BCUT2D eigenvalue weighted by molar-refractivity contribution is -0.111. The zero-order chi connectivity index (χ0) is 25.8. The second-order valence-corrected chi connectivity index (χ2v) is 9.07. The van der Waals surface area contributed by atoms with Crippen LogP contribution in [0.4, 0.5) is 0 Å². The van der Waals surface area contributed by atoms with Crippen LogP contribution in [0.5, 0.6) is 0 Å². The van der Waals surface area contributed by atoms with Crippen LogP contribution in [0.15, 0.2) is 78.7 Å². The molecule has 1 aliphatic heterocycles. The van der Waals surface area contributed by atoms with Gasteiger partial charge in [0.05, 0.1) is 16.4 Å². The van der Waals surface area contributed by atoms with Crippen LogP contribution in [0.1, 0.15) is 36.2 Å². The highest BCUT2D eigenvalue weighted by molar-refractivity contribution is 6.32. The van der Waals surface area contributed by atoms with Crippen LogP contribution in [0.3, 0.4) is 0 Å². The summed E-state index contributed by atoms with van der Waals surface area (Å²) in [5.41, 5.74) is 6.63. The van der Waals surface area contributed by atoms with E-state index in [1.807, 2.05) is 55.7 Å². The number of carbonyl (C=O) groups is 1. The molecule has 4 rings (SSSR count). The Labute approximate surface area is 214 Å². The number of aryl methyl sites for hydroxylation is 2. The fraction of sp³-hybridized carbons (Fsp3) is 0.310. The van der Waals surface area contributed by atoms with Gasteiger partial charge in [-0.25, -0.2) is 4.68 Å². The Hall–Kier alpha value is -3.15. The maximum absolute atomic E-state index is 11.5. The van der Waals surface area contributed by atoms with Gasteiger partial charge in [0.1, 0.15) is 6.29 Å². The van der Waals surface area contributed by atoms with E-state index >= 15 is 0 Å². The lowest BCUT2D eigenvalue weighted by Crippen LogP contribution is -2.23. The molecule has 5 nitrogen and oxygen atoms in total. The Bertz CT molecular complexity index is 1150. The van der Waals surface area contributed by atoms with Crippen LogP contribution in [0.25, 0.3) is 5.69 Å². The zero-order valence-electron chi connectivity index (χ0n) is 21.2. The van der Waals surface area contributed by atoms with Gasteiger partial charge in [0.15, 0.2) is 0 Å². The highest BCUT2D eigenvalue weighted by Crippen LogP contribution is 2.22. The van der Waals surface area contributed by atoms with Crippen molar-refractivity contribution in [3.8, 4) is 5.69 Å². The standard InChI is InChI=1S/C21H21ClN2O.C7H11N.CH4O/c1-15-4-3-5-17(10-15)12-18(14-25)13-19-8-9-24(23-19)21-7-6-16(2)11-20(21)22;1-6-4-3-5-8-7(6)2;1-2/h3-11,14,18H,12-13H2,1-2H3;3-5,7-8H,1-2H3;2H,1H3. The summed E-state index contributed by atoms with van der Waals surface area (Å²) >= 11 is 6.31. The Kier molecular flexibility index (Phi) is 11.5. The first kappa shape index (κ1) is 28.1. The molecule has 2 atom stereocenters. The van der Waals surface area contributed by atoms with Crippen molar-refractivity contribution in [3.63, 3.8) is 0 Å². The number of carbonyl (C=O) groups excluding carboxylic acids is 1. The van der Waals surface area contributed by atoms with Crippen molar-refractivity contribution in [3.05, 3.63) is 106 Å². The Morgan fingerprint density at radius 2 is 1.83 bits per heavy atom. The number of aliphatic hydroxyl groups excluding tert-OH is 1. The van der Waals surface area contributed by atoms with Crippen molar-refractivity contribution in [2.24, 2.45) is 5.92 Å². The van der Waals surface area contributed by atoms with E-state index in [1.165, 1.54) is 16.7 Å². The third-order valence-corrected chi connectivity index (χ3v) is 6.03. The van der Waals surface area contributed by atoms with Crippen molar-refractivity contribution in [1.29, 1.82) is 0 Å². The Morgan fingerprint density at radius 3 is 2.43 bits per heavy atom. The summed E-state index contributed by atoms with van der Waals surface area (Å²) in [6.07, 6.45) is 10.4. The van der Waals surface area contributed by atoms with Gasteiger partial charge in [-0.15, -0.1) is 0 Å². The maximum atomic E-state index is 11.5. The van der Waals surface area contributed by atoms with Crippen LogP contribution < -0.4 is 5.32 Å². The van der Waals surface area contributed by atoms with Gasteiger partial charge in [-0.2, -0.15) is 5.10 Å². The first-order chi connectivity index (χ1) is 16.9. The molecule has 35 heavy (non-hydrogen) atoms. The van der Waals surface area contributed by atoms with Gasteiger partial charge < -0.3 is 15.2 Å². The average Bonchev–Trinajstić information content (AvgIpc) is 3.30. The van der Waals surface area contributed by atoms with Gasteiger partial charge in [0.25, 0.3) is 0 Å². The molecular formula is C29H36ClN3O2. The minimum atomic E-state index is -0.0846. The summed E-state index contributed by atoms with van der Waals surface area (Å²) in [7, 11) is 1.00. The quantitative estimate of drug-likeness (QED) is 0.426. The molecule has 0 aliphatic carbocycles.